The van der Waals surface area contributed by atoms with Crippen molar-refractivity contribution in [3.63, 3.8) is 0 Å². The van der Waals surface area contributed by atoms with Gasteiger partial charge in [0.05, 0.1) is 6.61 Å². The smallest absolute Gasteiger partial charge is 0.444 e. The molecular weight excluding hydrogens is 298 g/mol. The van der Waals surface area contributed by atoms with Crippen LogP contribution in [0.4, 0.5) is 9.59 Å². The average Bonchev–Trinajstić information content (AvgIpc) is 2.33. The van der Waals surface area contributed by atoms with Crippen LogP contribution in [0, 0.1) is 5.92 Å². The Kier molecular flexibility index (Phi) is 6.71. The van der Waals surface area contributed by atoms with Crippen molar-refractivity contribution >= 4 is 12.2 Å². The molecule has 0 bridgehead atoms. The Hall–Kier alpha value is -1.46. The summed E-state index contributed by atoms with van der Waals surface area (Å²) in [5.41, 5.74) is -1.02. The van der Waals surface area contributed by atoms with Crippen molar-refractivity contribution in [3.05, 3.63) is 0 Å². The van der Waals surface area contributed by atoms with Crippen molar-refractivity contribution in [3.8, 4) is 0 Å². The van der Waals surface area contributed by atoms with Gasteiger partial charge in [-0.2, -0.15) is 0 Å². The van der Waals surface area contributed by atoms with Gasteiger partial charge in [-0.3, -0.25) is 0 Å². The van der Waals surface area contributed by atoms with Crippen LogP contribution in [0.2, 0.25) is 0 Å². The first kappa shape index (κ1) is 19.6. The van der Waals surface area contributed by atoms with Crippen LogP contribution in [0.15, 0.2) is 0 Å². The fourth-order valence-corrected chi connectivity index (χ4v) is 2.41. The summed E-state index contributed by atoms with van der Waals surface area (Å²) in [6.45, 7) is 11.3. The second-order valence-corrected chi connectivity index (χ2v) is 8.14. The minimum absolute atomic E-state index is 0.127. The molecule has 23 heavy (non-hydrogen) atoms. The molecule has 0 aliphatic heterocycles. The summed E-state index contributed by atoms with van der Waals surface area (Å²) < 4.78 is 15.5. The highest BCUT2D eigenvalue weighted by molar-refractivity contribution is 5.68. The molecule has 0 aromatic carbocycles. The Morgan fingerprint density at radius 2 is 1.43 bits per heavy atom. The van der Waals surface area contributed by atoms with Gasteiger partial charge in [0.1, 0.15) is 11.2 Å². The topological polar surface area (TPSA) is 73.9 Å². The summed E-state index contributed by atoms with van der Waals surface area (Å²) in [6.07, 6.45) is 2.55. The SMILES string of the molecule is CC(C)(C)OC(=O)NC1CCC(COC(=O)OC(C)(C)C)CC1. The van der Waals surface area contributed by atoms with E-state index in [1.54, 1.807) is 0 Å². The van der Waals surface area contributed by atoms with Crippen molar-refractivity contribution in [2.45, 2.75) is 84.5 Å². The molecule has 0 saturated heterocycles. The van der Waals surface area contributed by atoms with Gasteiger partial charge in [-0.15, -0.1) is 0 Å². The Morgan fingerprint density at radius 1 is 0.913 bits per heavy atom. The predicted molar refractivity (Wildman–Crippen MR) is 87.3 cm³/mol. The number of ether oxygens (including phenoxy) is 3. The Morgan fingerprint density at radius 3 is 1.91 bits per heavy atom. The third-order valence-corrected chi connectivity index (χ3v) is 3.39. The molecule has 6 heteroatoms. The summed E-state index contributed by atoms with van der Waals surface area (Å²) in [6, 6.07) is 0.127. The van der Waals surface area contributed by atoms with Crippen LogP contribution in [0.25, 0.3) is 0 Å². The molecule has 1 fully saturated rings. The maximum Gasteiger partial charge on any atom is 0.508 e. The lowest BCUT2D eigenvalue weighted by Gasteiger charge is -2.30. The van der Waals surface area contributed by atoms with Gasteiger partial charge >= 0.3 is 12.2 Å². The number of rotatable bonds is 3. The molecule has 1 rings (SSSR count). The van der Waals surface area contributed by atoms with Crippen molar-refractivity contribution in [2.24, 2.45) is 5.92 Å². The molecule has 134 valence electrons. The maximum absolute atomic E-state index is 11.7. The highest BCUT2D eigenvalue weighted by Crippen LogP contribution is 2.25. The Balaban J connectivity index is 2.23. The van der Waals surface area contributed by atoms with Crippen LogP contribution < -0.4 is 5.32 Å². The van der Waals surface area contributed by atoms with Crippen molar-refractivity contribution in [1.29, 1.82) is 0 Å². The van der Waals surface area contributed by atoms with E-state index in [9.17, 15) is 9.59 Å². The van der Waals surface area contributed by atoms with E-state index in [0.717, 1.165) is 25.7 Å². The van der Waals surface area contributed by atoms with Gasteiger partial charge in [0.15, 0.2) is 0 Å². The van der Waals surface area contributed by atoms with Crippen LogP contribution >= 0.6 is 0 Å². The Bertz CT molecular complexity index is 400. The molecule has 0 aromatic heterocycles. The van der Waals surface area contributed by atoms with Crippen LogP contribution in [0.1, 0.15) is 67.2 Å². The molecule has 6 nitrogen and oxygen atoms in total. The van der Waals surface area contributed by atoms with Crippen molar-refractivity contribution in [2.75, 3.05) is 6.61 Å². The monoisotopic (exact) mass is 329 g/mol. The van der Waals surface area contributed by atoms with E-state index in [1.165, 1.54) is 0 Å². The van der Waals surface area contributed by atoms with Crippen LogP contribution in [-0.4, -0.2) is 36.1 Å². The zero-order valence-corrected chi connectivity index (χ0v) is 15.2. The third-order valence-electron chi connectivity index (χ3n) is 3.39. The number of hydrogen-bond acceptors (Lipinski definition) is 5. The van der Waals surface area contributed by atoms with Crippen LogP contribution in [0.5, 0.6) is 0 Å². The fourth-order valence-electron chi connectivity index (χ4n) is 2.41. The number of carbonyl (C=O) groups excluding carboxylic acids is 2. The molecule has 1 aliphatic carbocycles. The number of alkyl carbamates (subject to hydrolysis) is 1. The lowest BCUT2D eigenvalue weighted by atomic mass is 9.86. The molecule has 0 atom stereocenters. The zero-order chi connectivity index (χ0) is 17.7. The first-order valence-electron chi connectivity index (χ1n) is 8.30. The minimum Gasteiger partial charge on any atom is -0.444 e. The van der Waals surface area contributed by atoms with Crippen LogP contribution in [-0.2, 0) is 14.2 Å². The summed E-state index contributed by atoms with van der Waals surface area (Å²) in [4.78, 5) is 23.3. The molecule has 0 spiro atoms. The third kappa shape index (κ3) is 9.31. The van der Waals surface area contributed by atoms with Gasteiger partial charge in [0.2, 0.25) is 0 Å². The molecule has 0 aromatic rings. The highest BCUT2D eigenvalue weighted by Gasteiger charge is 2.26. The van der Waals surface area contributed by atoms with Gasteiger partial charge in [-0.25, -0.2) is 9.59 Å². The first-order chi connectivity index (χ1) is 10.4. The van der Waals surface area contributed by atoms with Gasteiger partial charge in [0, 0.05) is 6.04 Å². The van der Waals surface area contributed by atoms with Crippen molar-refractivity contribution in [1.82, 2.24) is 5.32 Å². The van der Waals surface area contributed by atoms with Crippen molar-refractivity contribution < 1.29 is 23.8 Å². The summed E-state index contributed by atoms with van der Waals surface area (Å²) in [7, 11) is 0. The average molecular weight is 329 g/mol. The quantitative estimate of drug-likeness (QED) is 0.792. The molecule has 1 N–H and O–H groups in total. The van der Waals surface area contributed by atoms with Gasteiger partial charge < -0.3 is 19.5 Å². The van der Waals surface area contributed by atoms with E-state index >= 15 is 0 Å². The fraction of sp³-hybridized carbons (Fsp3) is 0.882. The van der Waals surface area contributed by atoms with Gasteiger partial charge in [-0.1, -0.05) is 0 Å². The summed E-state index contributed by atoms with van der Waals surface area (Å²) >= 11 is 0. The van der Waals surface area contributed by atoms with E-state index < -0.39 is 17.4 Å². The largest absolute Gasteiger partial charge is 0.508 e. The van der Waals surface area contributed by atoms with E-state index in [0.29, 0.717) is 12.5 Å². The number of hydrogen-bond donors (Lipinski definition) is 1. The molecule has 1 saturated carbocycles. The second kappa shape index (κ2) is 7.88. The number of amides is 1. The molecule has 0 heterocycles. The minimum atomic E-state index is -0.619. The zero-order valence-electron chi connectivity index (χ0n) is 15.2. The maximum atomic E-state index is 11.7. The standard InChI is InChI=1S/C17H31NO5/c1-16(2,3)22-14(19)18-13-9-7-12(8-10-13)11-21-15(20)23-17(4,5)6/h12-13H,7-11H2,1-6H3,(H,18,19). The highest BCUT2D eigenvalue weighted by atomic mass is 16.7. The first-order valence-corrected chi connectivity index (χ1v) is 8.30. The molecule has 1 aliphatic rings. The van der Waals surface area contributed by atoms with E-state index in [4.69, 9.17) is 14.2 Å². The summed E-state index contributed by atoms with van der Waals surface area (Å²) in [5.74, 6) is 0.319. The molecule has 1 amide bonds. The number of nitrogens with one attached hydrogen (secondary N) is 1. The second-order valence-electron chi connectivity index (χ2n) is 8.14. The van der Waals surface area contributed by atoms with Gasteiger partial charge in [0.25, 0.3) is 0 Å². The normalized spacial score (nSPS) is 22.2. The van der Waals surface area contributed by atoms with Gasteiger partial charge in [-0.05, 0) is 73.1 Å². The van der Waals surface area contributed by atoms with E-state index in [1.807, 2.05) is 41.5 Å². The molecule has 0 unspecified atom stereocenters. The van der Waals surface area contributed by atoms with E-state index in [2.05, 4.69) is 5.32 Å². The van der Waals surface area contributed by atoms with E-state index in [-0.39, 0.29) is 12.1 Å². The number of carbonyl (C=O) groups is 2. The molecular formula is C17H31NO5. The lowest BCUT2D eigenvalue weighted by Crippen LogP contribution is -2.41. The van der Waals surface area contributed by atoms with Crippen LogP contribution in [0.3, 0.4) is 0 Å². The lowest BCUT2D eigenvalue weighted by molar-refractivity contribution is -0.0157. The molecule has 0 radical (unpaired) electrons. The summed E-state index contributed by atoms with van der Waals surface area (Å²) in [5, 5.41) is 2.90. The Labute approximate surface area is 139 Å². The predicted octanol–water partition coefficient (Wildman–Crippen LogP) is 4.02.